The molecule has 0 bridgehead atoms. The van der Waals surface area contributed by atoms with E-state index in [4.69, 9.17) is 4.74 Å². The van der Waals surface area contributed by atoms with E-state index in [9.17, 15) is 9.59 Å². The Morgan fingerprint density at radius 3 is 2.56 bits per heavy atom. The molecule has 130 valence electrons. The third kappa shape index (κ3) is 4.09. The number of anilines is 2. The van der Waals surface area contributed by atoms with Gasteiger partial charge in [-0.15, -0.1) is 0 Å². The molecule has 1 aliphatic rings. The molecule has 2 aromatic rings. The Hall–Kier alpha value is -3.02. The van der Waals surface area contributed by atoms with Crippen molar-refractivity contribution in [2.45, 2.75) is 13.8 Å². The second kappa shape index (κ2) is 7.25. The highest BCUT2D eigenvalue weighted by atomic mass is 16.5. The molecule has 0 unspecified atom stereocenters. The van der Waals surface area contributed by atoms with E-state index < -0.39 is 0 Å². The molecule has 0 spiro atoms. The molecule has 1 aliphatic heterocycles. The summed E-state index contributed by atoms with van der Waals surface area (Å²) in [5, 5.41) is 5.54. The fraction of sp³-hybridized carbons (Fsp3) is 0.263. The van der Waals surface area contributed by atoms with E-state index in [2.05, 4.69) is 10.6 Å². The molecule has 2 N–H and O–H groups in total. The molecule has 0 aromatic heterocycles. The van der Waals surface area contributed by atoms with Gasteiger partial charge in [0.2, 0.25) is 0 Å². The topological polar surface area (TPSA) is 70.7 Å². The molecule has 0 radical (unpaired) electrons. The van der Waals surface area contributed by atoms with Crippen molar-refractivity contribution in [3.63, 3.8) is 0 Å². The Labute approximate surface area is 146 Å². The number of rotatable bonds is 5. The Balaban J connectivity index is 1.54. The largest absolute Gasteiger partial charge is 0.484 e. The second-order valence-electron chi connectivity index (χ2n) is 6.01. The minimum absolute atomic E-state index is 0.0568. The number of nitrogens with one attached hydrogen (secondary N) is 2. The van der Waals surface area contributed by atoms with Crippen molar-refractivity contribution < 1.29 is 14.3 Å². The molecule has 6 nitrogen and oxygen atoms in total. The van der Waals surface area contributed by atoms with Gasteiger partial charge in [0.1, 0.15) is 5.75 Å². The van der Waals surface area contributed by atoms with E-state index in [-0.39, 0.29) is 18.5 Å². The van der Waals surface area contributed by atoms with Gasteiger partial charge in [-0.05, 0) is 61.4 Å². The van der Waals surface area contributed by atoms with Gasteiger partial charge in [0, 0.05) is 24.5 Å². The first kappa shape index (κ1) is 16.8. The Kier molecular flexibility index (Phi) is 4.88. The van der Waals surface area contributed by atoms with Crippen LogP contribution in [0.4, 0.5) is 16.2 Å². The summed E-state index contributed by atoms with van der Waals surface area (Å²) in [6.07, 6.45) is 0. The van der Waals surface area contributed by atoms with Gasteiger partial charge in [0.15, 0.2) is 6.61 Å². The summed E-state index contributed by atoms with van der Waals surface area (Å²) in [5.41, 5.74) is 3.78. The smallest absolute Gasteiger partial charge is 0.321 e. The number of carbonyl (C=O) groups excluding carboxylic acids is 2. The summed E-state index contributed by atoms with van der Waals surface area (Å²) in [5.74, 6) is 0.443. The van der Waals surface area contributed by atoms with Crippen molar-refractivity contribution in [2.75, 3.05) is 29.9 Å². The summed E-state index contributed by atoms with van der Waals surface area (Å²) in [7, 11) is 0. The molecule has 25 heavy (non-hydrogen) atoms. The highest BCUT2D eigenvalue weighted by molar-refractivity contribution is 5.95. The van der Waals surface area contributed by atoms with Crippen LogP contribution in [0.25, 0.3) is 0 Å². The third-order valence-electron chi connectivity index (χ3n) is 4.17. The van der Waals surface area contributed by atoms with Gasteiger partial charge in [-0.1, -0.05) is 6.07 Å². The molecule has 1 heterocycles. The van der Waals surface area contributed by atoms with Crippen LogP contribution in [0.15, 0.2) is 42.5 Å². The average molecular weight is 339 g/mol. The zero-order valence-electron chi connectivity index (χ0n) is 14.3. The third-order valence-corrected chi connectivity index (χ3v) is 4.17. The van der Waals surface area contributed by atoms with Crippen molar-refractivity contribution >= 4 is 23.3 Å². The lowest BCUT2D eigenvalue weighted by molar-refractivity contribution is -0.118. The van der Waals surface area contributed by atoms with Gasteiger partial charge in [-0.25, -0.2) is 4.79 Å². The van der Waals surface area contributed by atoms with Crippen molar-refractivity contribution in [1.29, 1.82) is 0 Å². The van der Waals surface area contributed by atoms with Crippen LogP contribution >= 0.6 is 0 Å². The van der Waals surface area contributed by atoms with Crippen LogP contribution in [-0.4, -0.2) is 31.6 Å². The quantitative estimate of drug-likeness (QED) is 0.880. The number of benzene rings is 2. The second-order valence-corrected chi connectivity index (χ2v) is 6.01. The molecule has 1 fully saturated rings. The van der Waals surface area contributed by atoms with Gasteiger partial charge < -0.3 is 15.4 Å². The number of aryl methyl sites for hydroxylation is 2. The van der Waals surface area contributed by atoms with Crippen LogP contribution in [0.5, 0.6) is 5.75 Å². The standard InChI is InChI=1S/C19H21N3O3/c1-13-3-8-17(11-14(13)2)25-12-18(23)21-15-4-6-16(7-5-15)22-10-9-20-19(22)24/h3-8,11H,9-10,12H2,1-2H3,(H,20,24)(H,21,23). The number of carbonyl (C=O) groups is 2. The molecule has 1 saturated heterocycles. The first-order valence-electron chi connectivity index (χ1n) is 8.18. The van der Waals surface area contributed by atoms with Crippen LogP contribution in [0.3, 0.4) is 0 Å². The van der Waals surface area contributed by atoms with Gasteiger partial charge in [0.05, 0.1) is 0 Å². The lowest BCUT2D eigenvalue weighted by atomic mass is 10.1. The maximum atomic E-state index is 12.0. The Morgan fingerprint density at radius 1 is 1.16 bits per heavy atom. The average Bonchev–Trinajstić information content (AvgIpc) is 3.03. The summed E-state index contributed by atoms with van der Waals surface area (Å²) < 4.78 is 5.52. The normalized spacial score (nSPS) is 13.5. The first-order chi connectivity index (χ1) is 12.0. The highest BCUT2D eigenvalue weighted by Crippen LogP contribution is 2.20. The molecule has 2 aromatic carbocycles. The van der Waals surface area contributed by atoms with E-state index in [0.717, 1.165) is 11.3 Å². The minimum Gasteiger partial charge on any atom is -0.484 e. The summed E-state index contributed by atoms with van der Waals surface area (Å²) in [6, 6.07) is 12.8. The van der Waals surface area contributed by atoms with E-state index in [1.807, 2.05) is 44.2 Å². The van der Waals surface area contributed by atoms with Crippen molar-refractivity contribution in [3.05, 3.63) is 53.6 Å². The molecular weight excluding hydrogens is 318 g/mol. The molecular formula is C19H21N3O3. The number of urea groups is 1. The molecule has 0 atom stereocenters. The van der Waals surface area contributed by atoms with Crippen LogP contribution in [-0.2, 0) is 4.79 Å². The van der Waals surface area contributed by atoms with E-state index >= 15 is 0 Å². The van der Waals surface area contributed by atoms with Crippen LogP contribution in [0, 0.1) is 13.8 Å². The first-order valence-corrected chi connectivity index (χ1v) is 8.18. The molecule has 6 heteroatoms. The number of ether oxygens (including phenoxy) is 1. The summed E-state index contributed by atoms with van der Waals surface area (Å²) in [6.45, 7) is 5.27. The van der Waals surface area contributed by atoms with Crippen molar-refractivity contribution in [2.24, 2.45) is 0 Å². The highest BCUT2D eigenvalue weighted by Gasteiger charge is 2.20. The van der Waals surface area contributed by atoms with E-state index in [1.54, 1.807) is 17.0 Å². The predicted octanol–water partition coefficient (Wildman–Crippen LogP) is 2.85. The fourth-order valence-electron chi connectivity index (χ4n) is 2.59. The summed E-state index contributed by atoms with van der Waals surface area (Å²) in [4.78, 5) is 25.3. The van der Waals surface area contributed by atoms with Crippen LogP contribution < -0.4 is 20.3 Å². The SMILES string of the molecule is Cc1ccc(OCC(=O)Nc2ccc(N3CCNC3=O)cc2)cc1C. The van der Waals surface area contributed by atoms with Gasteiger partial charge in [-0.2, -0.15) is 0 Å². The molecule has 0 aliphatic carbocycles. The van der Waals surface area contributed by atoms with Gasteiger partial charge in [0.25, 0.3) is 5.91 Å². The van der Waals surface area contributed by atoms with Gasteiger partial charge in [-0.3, -0.25) is 9.69 Å². The predicted molar refractivity (Wildman–Crippen MR) is 97.2 cm³/mol. The monoisotopic (exact) mass is 339 g/mol. The van der Waals surface area contributed by atoms with Crippen LogP contribution in [0.2, 0.25) is 0 Å². The van der Waals surface area contributed by atoms with E-state index in [0.29, 0.717) is 24.5 Å². The number of hydrogen-bond acceptors (Lipinski definition) is 3. The van der Waals surface area contributed by atoms with Gasteiger partial charge >= 0.3 is 6.03 Å². The molecule has 3 amide bonds. The number of nitrogens with zero attached hydrogens (tertiary/aromatic N) is 1. The number of amides is 3. The maximum Gasteiger partial charge on any atom is 0.321 e. The fourth-order valence-corrected chi connectivity index (χ4v) is 2.59. The lowest BCUT2D eigenvalue weighted by Crippen LogP contribution is -2.27. The van der Waals surface area contributed by atoms with E-state index in [1.165, 1.54) is 5.56 Å². The number of hydrogen-bond donors (Lipinski definition) is 2. The maximum absolute atomic E-state index is 12.0. The van der Waals surface area contributed by atoms with Crippen molar-refractivity contribution in [1.82, 2.24) is 5.32 Å². The molecule has 3 rings (SSSR count). The Bertz CT molecular complexity index is 787. The Morgan fingerprint density at radius 2 is 1.92 bits per heavy atom. The lowest BCUT2D eigenvalue weighted by Gasteiger charge is -2.15. The zero-order valence-corrected chi connectivity index (χ0v) is 14.3. The molecule has 0 saturated carbocycles. The zero-order chi connectivity index (χ0) is 17.8. The van der Waals surface area contributed by atoms with Crippen LogP contribution in [0.1, 0.15) is 11.1 Å². The summed E-state index contributed by atoms with van der Waals surface area (Å²) >= 11 is 0. The minimum atomic E-state index is -0.232. The van der Waals surface area contributed by atoms with Crippen molar-refractivity contribution in [3.8, 4) is 5.75 Å².